The van der Waals surface area contributed by atoms with Crippen LogP contribution in [0.5, 0.6) is 0 Å². The zero-order valence-electron chi connectivity index (χ0n) is 25.3. The highest BCUT2D eigenvalue weighted by atomic mass is 19.1. The van der Waals surface area contributed by atoms with Gasteiger partial charge in [0.15, 0.2) is 6.04 Å². The molecule has 3 aromatic carbocycles. The zero-order chi connectivity index (χ0) is 32.0. The van der Waals surface area contributed by atoms with E-state index in [2.05, 4.69) is 10.6 Å². The van der Waals surface area contributed by atoms with Crippen LogP contribution in [0.1, 0.15) is 38.8 Å². The molecule has 0 aliphatic carbocycles. The molecule has 8 nitrogen and oxygen atoms in total. The van der Waals surface area contributed by atoms with E-state index in [0.717, 1.165) is 17.7 Å². The van der Waals surface area contributed by atoms with E-state index >= 15 is 0 Å². The van der Waals surface area contributed by atoms with Gasteiger partial charge in [0.25, 0.3) is 11.8 Å². The Labute approximate surface area is 256 Å². The van der Waals surface area contributed by atoms with Gasteiger partial charge in [0.2, 0.25) is 11.8 Å². The number of nitrogens with zero attached hydrogens (tertiary/aromatic N) is 2. The maximum atomic E-state index is 14.0. The first-order valence-corrected chi connectivity index (χ1v) is 14.7. The molecular formula is C34H38F2N4O4. The molecule has 232 valence electrons. The van der Waals surface area contributed by atoms with Gasteiger partial charge in [0.1, 0.15) is 17.7 Å². The molecule has 10 heteroatoms. The number of carbonyl (C=O) groups excluding carboxylic acids is 4. The second kappa shape index (κ2) is 14.2. The second-order valence-electron chi connectivity index (χ2n) is 11.9. The van der Waals surface area contributed by atoms with Crippen LogP contribution < -0.4 is 20.4 Å². The number of amides is 4. The van der Waals surface area contributed by atoms with Gasteiger partial charge in [-0.25, -0.2) is 8.78 Å². The normalized spacial score (nSPS) is 14.5. The lowest BCUT2D eigenvalue weighted by Crippen LogP contribution is -2.60. The monoisotopic (exact) mass is 604 g/mol. The maximum Gasteiger partial charge on any atom is 0.259 e. The Morgan fingerprint density at radius 2 is 1.25 bits per heavy atom. The molecule has 0 fully saturated rings. The van der Waals surface area contributed by atoms with Crippen molar-refractivity contribution in [2.75, 3.05) is 22.9 Å². The fraction of sp³-hybridized carbons (Fsp3) is 0.353. The molecule has 3 aromatic rings. The molecule has 1 atom stereocenters. The van der Waals surface area contributed by atoms with Crippen LogP contribution in [-0.4, -0.2) is 48.8 Å². The summed E-state index contributed by atoms with van der Waals surface area (Å²) in [5, 5.41) is 5.30. The van der Waals surface area contributed by atoms with Crippen LogP contribution in [0.3, 0.4) is 0 Å². The lowest BCUT2D eigenvalue weighted by Gasteiger charge is -2.27. The number of nitrogens with one attached hydrogen (secondary N) is 2. The van der Waals surface area contributed by atoms with Gasteiger partial charge in [0, 0.05) is 25.6 Å². The molecule has 0 aromatic heterocycles. The van der Waals surface area contributed by atoms with Gasteiger partial charge >= 0.3 is 0 Å². The molecule has 0 saturated carbocycles. The number of rotatable bonds is 11. The molecule has 1 heterocycles. The summed E-state index contributed by atoms with van der Waals surface area (Å²) in [5.41, 5.74) is 1.97. The summed E-state index contributed by atoms with van der Waals surface area (Å²) >= 11 is 0. The average Bonchev–Trinajstić information content (AvgIpc) is 3.02. The predicted octanol–water partition coefficient (Wildman–Crippen LogP) is 4.41. The highest BCUT2D eigenvalue weighted by Gasteiger charge is 2.42. The van der Waals surface area contributed by atoms with Crippen LogP contribution in [0.2, 0.25) is 0 Å². The molecule has 4 rings (SSSR count). The fourth-order valence-electron chi connectivity index (χ4n) is 5.25. The van der Waals surface area contributed by atoms with E-state index in [4.69, 9.17) is 0 Å². The molecule has 0 unspecified atom stereocenters. The van der Waals surface area contributed by atoms with Crippen LogP contribution in [0.4, 0.5) is 20.2 Å². The second-order valence-corrected chi connectivity index (χ2v) is 11.9. The van der Waals surface area contributed by atoms with E-state index in [9.17, 15) is 28.0 Å². The van der Waals surface area contributed by atoms with E-state index in [0.29, 0.717) is 30.5 Å². The Balaban J connectivity index is 1.65. The van der Waals surface area contributed by atoms with Crippen LogP contribution in [-0.2, 0) is 32.0 Å². The molecule has 44 heavy (non-hydrogen) atoms. The van der Waals surface area contributed by atoms with Crippen LogP contribution >= 0.6 is 0 Å². The van der Waals surface area contributed by atoms with E-state index in [-0.39, 0.29) is 30.2 Å². The minimum Gasteiger partial charge on any atom is -0.344 e. The Morgan fingerprint density at radius 1 is 0.750 bits per heavy atom. The number of para-hydroxylation sites is 2. The SMILES string of the molecule is CC(C)CN1C(=O)C(NC(=O)[C@H](Cc2ccccc2)NC(=O)Cc2cc(F)cc(F)c2)C(=O)N(CC(C)C)c2ccccc21. The molecule has 1 aliphatic rings. The summed E-state index contributed by atoms with van der Waals surface area (Å²) < 4.78 is 27.5. The zero-order valence-corrected chi connectivity index (χ0v) is 25.3. The number of fused-ring (bicyclic) bond motifs is 1. The van der Waals surface area contributed by atoms with E-state index in [1.807, 2.05) is 33.8 Å². The van der Waals surface area contributed by atoms with Crippen LogP contribution in [0, 0.1) is 23.5 Å². The standard InChI is InChI=1S/C34H38F2N4O4/c1-21(2)19-39-28-12-8-9-13-29(28)40(20-22(3)4)34(44)31(33(39)43)38-32(42)27(16-23-10-6-5-7-11-23)37-30(41)17-24-14-25(35)18-26(36)15-24/h5-15,18,21-22,27,31H,16-17,19-20H2,1-4H3,(H,37,41)(H,38,42)/t27-/m0/s1. The van der Waals surface area contributed by atoms with Gasteiger partial charge in [0.05, 0.1) is 17.8 Å². The minimum atomic E-state index is -1.54. The summed E-state index contributed by atoms with van der Waals surface area (Å²) in [7, 11) is 0. The van der Waals surface area contributed by atoms with Crippen molar-refractivity contribution in [2.45, 2.75) is 52.6 Å². The Kier molecular flexibility index (Phi) is 10.5. The van der Waals surface area contributed by atoms with Gasteiger partial charge in [-0.05, 0) is 47.2 Å². The van der Waals surface area contributed by atoms with Crippen molar-refractivity contribution >= 4 is 35.0 Å². The van der Waals surface area contributed by atoms with Gasteiger partial charge in [-0.1, -0.05) is 70.2 Å². The quantitative estimate of drug-likeness (QED) is 0.317. The lowest BCUT2D eigenvalue weighted by atomic mass is 10.0. The third kappa shape index (κ3) is 8.06. The summed E-state index contributed by atoms with van der Waals surface area (Å²) in [4.78, 5) is 58.0. The summed E-state index contributed by atoms with van der Waals surface area (Å²) in [6.45, 7) is 8.46. The first-order valence-electron chi connectivity index (χ1n) is 14.7. The van der Waals surface area contributed by atoms with Gasteiger partial charge in [-0.3, -0.25) is 19.2 Å². The van der Waals surface area contributed by atoms with E-state index < -0.39 is 47.3 Å². The Bertz CT molecular complexity index is 1440. The van der Waals surface area contributed by atoms with Crippen molar-refractivity contribution in [3.63, 3.8) is 0 Å². The molecular weight excluding hydrogens is 566 g/mol. The van der Waals surface area contributed by atoms with Gasteiger partial charge in [-0.2, -0.15) is 0 Å². The number of carbonyl (C=O) groups is 4. The molecule has 0 radical (unpaired) electrons. The molecule has 2 N–H and O–H groups in total. The minimum absolute atomic E-state index is 0.0523. The number of hydrogen-bond acceptors (Lipinski definition) is 4. The topological polar surface area (TPSA) is 98.8 Å². The van der Waals surface area contributed by atoms with Crippen molar-refractivity contribution < 1.29 is 28.0 Å². The maximum absolute atomic E-state index is 14.0. The summed E-state index contributed by atoms with van der Waals surface area (Å²) in [6.07, 6.45) is -0.329. The smallest absolute Gasteiger partial charge is 0.259 e. The van der Waals surface area contributed by atoms with Crippen molar-refractivity contribution in [3.8, 4) is 0 Å². The number of benzene rings is 3. The third-order valence-electron chi connectivity index (χ3n) is 7.09. The van der Waals surface area contributed by atoms with Crippen molar-refractivity contribution in [2.24, 2.45) is 11.8 Å². The molecule has 1 aliphatic heterocycles. The fourth-order valence-corrected chi connectivity index (χ4v) is 5.25. The van der Waals surface area contributed by atoms with Gasteiger partial charge in [-0.15, -0.1) is 0 Å². The average molecular weight is 605 g/mol. The molecule has 0 bridgehead atoms. The summed E-state index contributed by atoms with van der Waals surface area (Å²) in [5.74, 6) is -4.06. The molecule has 0 spiro atoms. The van der Waals surface area contributed by atoms with Crippen molar-refractivity contribution in [1.29, 1.82) is 0 Å². The third-order valence-corrected chi connectivity index (χ3v) is 7.09. The molecule has 4 amide bonds. The first-order chi connectivity index (χ1) is 20.9. The molecule has 0 saturated heterocycles. The number of halogens is 2. The van der Waals surface area contributed by atoms with E-state index in [1.54, 1.807) is 48.5 Å². The Morgan fingerprint density at radius 3 is 1.75 bits per heavy atom. The van der Waals surface area contributed by atoms with Crippen LogP contribution in [0.25, 0.3) is 0 Å². The van der Waals surface area contributed by atoms with Gasteiger partial charge < -0.3 is 20.4 Å². The van der Waals surface area contributed by atoms with E-state index in [1.165, 1.54) is 9.80 Å². The van der Waals surface area contributed by atoms with Crippen molar-refractivity contribution in [3.05, 3.63) is 95.6 Å². The van der Waals surface area contributed by atoms with Crippen LogP contribution in [0.15, 0.2) is 72.8 Å². The Hall–Kier alpha value is -4.60. The first kappa shape index (κ1) is 32.3. The summed E-state index contributed by atoms with van der Waals surface area (Å²) in [6, 6.07) is 16.2. The predicted molar refractivity (Wildman–Crippen MR) is 165 cm³/mol. The highest BCUT2D eigenvalue weighted by Crippen LogP contribution is 2.34. The van der Waals surface area contributed by atoms with Crippen molar-refractivity contribution in [1.82, 2.24) is 10.6 Å². The number of hydrogen-bond donors (Lipinski definition) is 2. The number of anilines is 2. The highest BCUT2D eigenvalue weighted by molar-refractivity contribution is 6.21. The lowest BCUT2D eigenvalue weighted by molar-refractivity contribution is -0.135. The largest absolute Gasteiger partial charge is 0.344 e.